The van der Waals surface area contributed by atoms with Crippen LogP contribution in [-0.2, 0) is 4.79 Å². The largest absolute Gasteiger partial charge is 0.478 e. The Hall–Kier alpha value is -2.95. The van der Waals surface area contributed by atoms with Gasteiger partial charge in [0.2, 0.25) is 0 Å². The lowest BCUT2D eigenvalue weighted by Crippen LogP contribution is -2.15. The van der Waals surface area contributed by atoms with E-state index in [1.165, 1.54) is 30.3 Å². The number of halogens is 1. The standard InChI is InChI=1S/C17H14FNO3/c1-11(9-12-5-4-6-13(18)10-12)16(20)19-15-8-3-2-7-14(15)17(21)22/h2-10H,1H3,(H,19,20)(H,21,22). The molecular weight excluding hydrogens is 285 g/mol. The summed E-state index contributed by atoms with van der Waals surface area (Å²) in [6, 6.07) is 12.0. The lowest BCUT2D eigenvalue weighted by atomic mass is 10.1. The van der Waals surface area contributed by atoms with Gasteiger partial charge in [0.25, 0.3) is 5.91 Å². The normalized spacial score (nSPS) is 11.1. The maximum atomic E-state index is 13.1. The lowest BCUT2D eigenvalue weighted by molar-refractivity contribution is -0.112. The number of carboxylic acid groups (broad SMARTS) is 1. The average molecular weight is 299 g/mol. The third-order valence-corrected chi connectivity index (χ3v) is 3.00. The molecule has 2 N–H and O–H groups in total. The number of hydrogen-bond donors (Lipinski definition) is 2. The minimum Gasteiger partial charge on any atom is -0.478 e. The van der Waals surface area contributed by atoms with Gasteiger partial charge >= 0.3 is 5.97 Å². The quantitative estimate of drug-likeness (QED) is 0.848. The number of para-hydroxylation sites is 1. The van der Waals surface area contributed by atoms with E-state index in [2.05, 4.69) is 5.32 Å². The Kier molecular flexibility index (Phi) is 4.68. The summed E-state index contributed by atoms with van der Waals surface area (Å²) in [7, 11) is 0. The smallest absolute Gasteiger partial charge is 0.337 e. The van der Waals surface area contributed by atoms with Crippen LogP contribution in [0.1, 0.15) is 22.8 Å². The van der Waals surface area contributed by atoms with Gasteiger partial charge in [-0.25, -0.2) is 9.18 Å². The number of hydrogen-bond acceptors (Lipinski definition) is 2. The first-order valence-corrected chi connectivity index (χ1v) is 6.55. The zero-order chi connectivity index (χ0) is 16.1. The second-order valence-electron chi connectivity index (χ2n) is 4.69. The molecule has 1 amide bonds. The molecule has 0 bridgehead atoms. The van der Waals surface area contributed by atoms with Crippen molar-refractivity contribution in [1.29, 1.82) is 0 Å². The van der Waals surface area contributed by atoms with E-state index in [-0.39, 0.29) is 11.3 Å². The van der Waals surface area contributed by atoms with Gasteiger partial charge in [-0.1, -0.05) is 24.3 Å². The van der Waals surface area contributed by atoms with Crippen LogP contribution in [0.2, 0.25) is 0 Å². The fourth-order valence-electron chi connectivity index (χ4n) is 1.91. The third-order valence-electron chi connectivity index (χ3n) is 3.00. The number of amides is 1. The Bertz CT molecular complexity index is 753. The van der Waals surface area contributed by atoms with Crippen LogP contribution in [0.25, 0.3) is 6.08 Å². The molecule has 0 unspecified atom stereocenters. The molecule has 0 aliphatic heterocycles. The van der Waals surface area contributed by atoms with Crippen LogP contribution in [0.4, 0.5) is 10.1 Å². The number of benzene rings is 2. The van der Waals surface area contributed by atoms with Crippen molar-refractivity contribution in [3.8, 4) is 0 Å². The van der Waals surface area contributed by atoms with Crippen LogP contribution in [-0.4, -0.2) is 17.0 Å². The molecule has 4 nitrogen and oxygen atoms in total. The molecule has 0 aliphatic carbocycles. The number of carbonyl (C=O) groups is 2. The van der Waals surface area contributed by atoms with Crippen LogP contribution >= 0.6 is 0 Å². The Balaban J connectivity index is 2.20. The van der Waals surface area contributed by atoms with E-state index in [1.807, 2.05) is 0 Å². The molecule has 0 spiro atoms. The van der Waals surface area contributed by atoms with Crippen molar-refractivity contribution in [3.05, 3.63) is 71.0 Å². The molecular formula is C17H14FNO3. The number of rotatable bonds is 4. The third kappa shape index (κ3) is 3.79. The van der Waals surface area contributed by atoms with Gasteiger partial charge < -0.3 is 10.4 Å². The summed E-state index contributed by atoms with van der Waals surface area (Å²) in [6.45, 7) is 1.57. The summed E-state index contributed by atoms with van der Waals surface area (Å²) in [4.78, 5) is 23.2. The molecule has 112 valence electrons. The van der Waals surface area contributed by atoms with Crippen LogP contribution in [0, 0.1) is 5.82 Å². The number of nitrogens with one attached hydrogen (secondary N) is 1. The minimum absolute atomic E-state index is 0.00871. The topological polar surface area (TPSA) is 66.4 Å². The van der Waals surface area contributed by atoms with Gasteiger partial charge in [-0.2, -0.15) is 0 Å². The Labute approximate surface area is 126 Å². The predicted octanol–water partition coefficient (Wildman–Crippen LogP) is 3.57. The van der Waals surface area contributed by atoms with Gasteiger partial charge in [-0.3, -0.25) is 4.79 Å². The van der Waals surface area contributed by atoms with E-state index in [9.17, 15) is 14.0 Å². The van der Waals surface area contributed by atoms with Crippen molar-refractivity contribution in [2.75, 3.05) is 5.32 Å². The molecule has 2 aromatic carbocycles. The van der Waals surface area contributed by atoms with Crippen molar-refractivity contribution in [1.82, 2.24) is 0 Å². The first kappa shape index (κ1) is 15.4. The summed E-state index contributed by atoms with van der Waals surface area (Å²) in [5.41, 5.74) is 1.12. The Morgan fingerprint density at radius 1 is 1.14 bits per heavy atom. The molecule has 2 aromatic rings. The average Bonchev–Trinajstić information content (AvgIpc) is 2.47. The minimum atomic E-state index is -1.12. The van der Waals surface area contributed by atoms with Crippen LogP contribution in [0.5, 0.6) is 0 Å². The van der Waals surface area contributed by atoms with Crippen molar-refractivity contribution in [2.24, 2.45) is 0 Å². The van der Waals surface area contributed by atoms with E-state index in [1.54, 1.807) is 31.2 Å². The first-order chi connectivity index (χ1) is 10.5. The number of carbonyl (C=O) groups excluding carboxylic acids is 1. The molecule has 0 aliphatic rings. The molecule has 0 heterocycles. The molecule has 0 atom stereocenters. The van der Waals surface area contributed by atoms with E-state index >= 15 is 0 Å². The highest BCUT2D eigenvalue weighted by molar-refractivity contribution is 6.09. The SMILES string of the molecule is CC(=Cc1cccc(F)c1)C(=O)Nc1ccccc1C(=O)O. The highest BCUT2D eigenvalue weighted by Crippen LogP contribution is 2.17. The van der Waals surface area contributed by atoms with Crippen molar-refractivity contribution < 1.29 is 19.1 Å². The van der Waals surface area contributed by atoms with Crippen molar-refractivity contribution in [2.45, 2.75) is 6.92 Å². The Morgan fingerprint density at radius 3 is 2.55 bits per heavy atom. The molecule has 0 fully saturated rings. The van der Waals surface area contributed by atoms with Crippen LogP contribution in [0.3, 0.4) is 0 Å². The van der Waals surface area contributed by atoms with E-state index in [0.717, 1.165) is 0 Å². The van der Waals surface area contributed by atoms with Gasteiger partial charge in [0.15, 0.2) is 0 Å². The summed E-state index contributed by atoms with van der Waals surface area (Å²) in [6.07, 6.45) is 1.53. The van der Waals surface area contributed by atoms with Gasteiger partial charge in [0.05, 0.1) is 11.3 Å². The second kappa shape index (κ2) is 6.67. The molecule has 0 radical (unpaired) electrons. The summed E-state index contributed by atoms with van der Waals surface area (Å²) < 4.78 is 13.1. The highest BCUT2D eigenvalue weighted by Gasteiger charge is 2.12. The fourth-order valence-corrected chi connectivity index (χ4v) is 1.91. The zero-order valence-corrected chi connectivity index (χ0v) is 11.8. The van der Waals surface area contributed by atoms with Gasteiger partial charge in [-0.15, -0.1) is 0 Å². The number of anilines is 1. The lowest BCUT2D eigenvalue weighted by Gasteiger charge is -2.08. The van der Waals surface area contributed by atoms with Gasteiger partial charge in [-0.05, 0) is 42.8 Å². The first-order valence-electron chi connectivity index (χ1n) is 6.55. The van der Waals surface area contributed by atoms with Crippen molar-refractivity contribution in [3.63, 3.8) is 0 Å². The monoisotopic (exact) mass is 299 g/mol. The van der Waals surface area contributed by atoms with E-state index in [4.69, 9.17) is 5.11 Å². The molecule has 22 heavy (non-hydrogen) atoms. The predicted molar refractivity (Wildman–Crippen MR) is 82.1 cm³/mol. The summed E-state index contributed by atoms with van der Waals surface area (Å²) >= 11 is 0. The van der Waals surface area contributed by atoms with Gasteiger partial charge in [0, 0.05) is 5.57 Å². The highest BCUT2D eigenvalue weighted by atomic mass is 19.1. The molecule has 0 saturated heterocycles. The maximum absolute atomic E-state index is 13.1. The van der Waals surface area contributed by atoms with E-state index < -0.39 is 17.7 Å². The molecule has 0 saturated carbocycles. The molecule has 2 rings (SSSR count). The second-order valence-corrected chi connectivity index (χ2v) is 4.69. The maximum Gasteiger partial charge on any atom is 0.337 e. The summed E-state index contributed by atoms with van der Waals surface area (Å²) in [5.74, 6) is -1.96. The van der Waals surface area contributed by atoms with Crippen LogP contribution < -0.4 is 5.32 Å². The van der Waals surface area contributed by atoms with Crippen molar-refractivity contribution >= 4 is 23.6 Å². The number of aromatic carboxylic acids is 1. The van der Waals surface area contributed by atoms with E-state index in [0.29, 0.717) is 11.1 Å². The van der Waals surface area contributed by atoms with Crippen LogP contribution in [0.15, 0.2) is 54.1 Å². The fraction of sp³-hybridized carbons (Fsp3) is 0.0588. The summed E-state index contributed by atoms with van der Waals surface area (Å²) in [5, 5.41) is 11.6. The zero-order valence-electron chi connectivity index (χ0n) is 11.8. The molecule has 0 aromatic heterocycles. The Morgan fingerprint density at radius 2 is 1.86 bits per heavy atom. The molecule has 5 heteroatoms. The number of carboxylic acids is 1. The van der Waals surface area contributed by atoms with Gasteiger partial charge in [0.1, 0.15) is 5.82 Å².